The van der Waals surface area contributed by atoms with Crippen molar-refractivity contribution in [2.24, 2.45) is 5.73 Å². The van der Waals surface area contributed by atoms with Crippen LogP contribution in [-0.2, 0) is 0 Å². The van der Waals surface area contributed by atoms with Crippen molar-refractivity contribution in [3.05, 3.63) is 47.7 Å². The van der Waals surface area contributed by atoms with Gasteiger partial charge in [-0.1, -0.05) is 63.2 Å². The summed E-state index contributed by atoms with van der Waals surface area (Å²) in [6.07, 6.45) is 10.0. The minimum Gasteiger partial charge on any atom is -0.511 e. The highest BCUT2D eigenvalue weighted by molar-refractivity contribution is 5.37. The topological polar surface area (TPSA) is 46.2 Å². The fraction of sp³-hybridized carbons (Fsp3) is 0.545. The first kappa shape index (κ1) is 18.6. The quantitative estimate of drug-likeness (QED) is 0.398. The highest BCUT2D eigenvalue weighted by atomic mass is 16.3. The molecule has 2 atom stereocenters. The molecule has 0 bridgehead atoms. The van der Waals surface area contributed by atoms with Crippen LogP contribution in [0.2, 0.25) is 0 Å². The first-order chi connectivity index (χ1) is 11.5. The Labute approximate surface area is 147 Å². The second kappa shape index (κ2) is 8.94. The fourth-order valence-corrected chi connectivity index (χ4v) is 3.44. The van der Waals surface area contributed by atoms with Gasteiger partial charge < -0.3 is 10.8 Å². The molecule has 0 unspecified atom stereocenters. The van der Waals surface area contributed by atoms with Crippen LogP contribution in [0.1, 0.15) is 81.8 Å². The minimum absolute atomic E-state index is 0.117. The lowest BCUT2D eigenvalue weighted by Crippen LogP contribution is -2.38. The average Bonchev–Trinajstić information content (AvgIpc) is 2.98. The molecule has 0 saturated heterocycles. The molecule has 0 aliphatic heterocycles. The van der Waals surface area contributed by atoms with Crippen LogP contribution in [0.5, 0.6) is 0 Å². The van der Waals surface area contributed by atoms with Crippen LogP contribution in [0.4, 0.5) is 0 Å². The summed E-state index contributed by atoms with van der Waals surface area (Å²) in [6, 6.07) is 8.51. The molecule has 2 nitrogen and oxygen atoms in total. The van der Waals surface area contributed by atoms with Crippen molar-refractivity contribution >= 4 is 0 Å². The number of unbranched alkanes of at least 4 members (excludes halogenated alkanes) is 5. The standard InChI is InChI=1S/C22H31NO/c1-3-4-5-6-7-8-9-10-19-11-13-20(14-12-19)21-15-16-22(23,17-21)18(2)24/h11-14,21,24H,2-8,15-17,23H2,1H3/t21-,22+/m0/s1. The van der Waals surface area contributed by atoms with E-state index in [0.29, 0.717) is 5.92 Å². The molecule has 1 aromatic carbocycles. The van der Waals surface area contributed by atoms with Crippen LogP contribution in [0.25, 0.3) is 0 Å². The van der Waals surface area contributed by atoms with E-state index < -0.39 is 5.54 Å². The van der Waals surface area contributed by atoms with Crippen molar-refractivity contribution in [2.75, 3.05) is 0 Å². The molecule has 3 N–H and O–H groups in total. The number of aliphatic hydroxyl groups is 1. The second-order valence-corrected chi connectivity index (χ2v) is 7.13. The number of hydrogen-bond acceptors (Lipinski definition) is 2. The van der Waals surface area contributed by atoms with E-state index >= 15 is 0 Å². The maximum Gasteiger partial charge on any atom is 0.105 e. The van der Waals surface area contributed by atoms with Gasteiger partial charge in [-0.25, -0.2) is 0 Å². The smallest absolute Gasteiger partial charge is 0.105 e. The third-order valence-electron chi connectivity index (χ3n) is 5.14. The summed E-state index contributed by atoms with van der Waals surface area (Å²) in [4.78, 5) is 0. The summed E-state index contributed by atoms with van der Waals surface area (Å²) in [7, 11) is 0. The maximum absolute atomic E-state index is 9.67. The zero-order valence-electron chi connectivity index (χ0n) is 15.0. The van der Waals surface area contributed by atoms with Gasteiger partial charge in [0.2, 0.25) is 0 Å². The van der Waals surface area contributed by atoms with Gasteiger partial charge in [-0.05, 0) is 49.3 Å². The van der Waals surface area contributed by atoms with Crippen molar-refractivity contribution in [2.45, 2.75) is 76.2 Å². The Bertz CT molecular complexity index is 593. The molecule has 130 valence electrons. The summed E-state index contributed by atoms with van der Waals surface area (Å²) in [5, 5.41) is 9.67. The van der Waals surface area contributed by atoms with E-state index in [2.05, 4.69) is 49.6 Å². The van der Waals surface area contributed by atoms with Gasteiger partial charge >= 0.3 is 0 Å². The van der Waals surface area contributed by atoms with E-state index in [9.17, 15) is 5.11 Å². The van der Waals surface area contributed by atoms with E-state index in [-0.39, 0.29) is 5.76 Å². The summed E-state index contributed by atoms with van der Waals surface area (Å²) in [5.74, 6) is 7.06. The van der Waals surface area contributed by atoms with E-state index in [4.69, 9.17) is 5.73 Å². The molecular weight excluding hydrogens is 294 g/mol. The van der Waals surface area contributed by atoms with Crippen molar-refractivity contribution in [1.82, 2.24) is 0 Å². The molecule has 0 radical (unpaired) electrons. The van der Waals surface area contributed by atoms with Crippen LogP contribution in [0.3, 0.4) is 0 Å². The Morgan fingerprint density at radius 2 is 1.96 bits per heavy atom. The molecular formula is C22H31NO. The number of nitrogens with two attached hydrogens (primary N) is 1. The van der Waals surface area contributed by atoms with E-state index in [1.165, 1.54) is 37.7 Å². The SMILES string of the molecule is C=C(O)[C@@]1(N)CC[C@H](c2ccc(C#CCCCCCCC)cc2)C1. The van der Waals surface area contributed by atoms with Gasteiger partial charge in [0.25, 0.3) is 0 Å². The predicted molar refractivity (Wildman–Crippen MR) is 102 cm³/mol. The molecule has 1 aromatic rings. The molecule has 2 rings (SSSR count). The second-order valence-electron chi connectivity index (χ2n) is 7.13. The van der Waals surface area contributed by atoms with Gasteiger partial charge in [-0.2, -0.15) is 0 Å². The lowest BCUT2D eigenvalue weighted by atomic mass is 9.92. The van der Waals surface area contributed by atoms with E-state index in [0.717, 1.165) is 31.2 Å². The predicted octanol–water partition coefficient (Wildman–Crippen LogP) is 5.44. The van der Waals surface area contributed by atoms with Crippen LogP contribution < -0.4 is 5.73 Å². The first-order valence-electron chi connectivity index (χ1n) is 9.31. The number of benzene rings is 1. The molecule has 0 heterocycles. The summed E-state index contributed by atoms with van der Waals surface area (Å²) in [5.41, 5.74) is 7.97. The third kappa shape index (κ3) is 5.14. The van der Waals surface area contributed by atoms with Crippen LogP contribution in [0, 0.1) is 11.8 Å². The minimum atomic E-state index is -0.610. The number of hydrogen-bond donors (Lipinski definition) is 2. The summed E-state index contributed by atoms with van der Waals surface area (Å²) in [6.45, 7) is 5.87. The molecule has 2 heteroatoms. The Kier molecular flexibility index (Phi) is 6.94. The van der Waals surface area contributed by atoms with Gasteiger partial charge in [0.15, 0.2) is 0 Å². The lowest BCUT2D eigenvalue weighted by molar-refractivity contribution is 0.297. The zero-order chi connectivity index (χ0) is 17.4. The van der Waals surface area contributed by atoms with Crippen molar-refractivity contribution in [3.63, 3.8) is 0 Å². The third-order valence-corrected chi connectivity index (χ3v) is 5.14. The van der Waals surface area contributed by atoms with E-state index in [1.807, 2.05) is 0 Å². The first-order valence-corrected chi connectivity index (χ1v) is 9.31. The van der Waals surface area contributed by atoms with Crippen molar-refractivity contribution < 1.29 is 5.11 Å². The molecule has 24 heavy (non-hydrogen) atoms. The van der Waals surface area contributed by atoms with Crippen LogP contribution in [0.15, 0.2) is 36.6 Å². The zero-order valence-corrected chi connectivity index (χ0v) is 15.0. The molecule has 0 spiro atoms. The highest BCUT2D eigenvalue weighted by Gasteiger charge is 2.38. The number of rotatable bonds is 7. The largest absolute Gasteiger partial charge is 0.511 e. The van der Waals surface area contributed by atoms with Crippen molar-refractivity contribution in [3.8, 4) is 11.8 Å². The average molecular weight is 325 g/mol. The Morgan fingerprint density at radius 3 is 2.58 bits per heavy atom. The monoisotopic (exact) mass is 325 g/mol. The van der Waals surface area contributed by atoms with Crippen LogP contribution in [-0.4, -0.2) is 10.6 Å². The van der Waals surface area contributed by atoms with Gasteiger partial charge in [0.05, 0.1) is 5.54 Å². The van der Waals surface area contributed by atoms with Gasteiger partial charge in [0.1, 0.15) is 5.76 Å². The molecule has 1 saturated carbocycles. The summed E-state index contributed by atoms with van der Waals surface area (Å²) >= 11 is 0. The number of aliphatic hydroxyl groups excluding tert-OH is 1. The normalized spacial score (nSPS) is 22.8. The molecule has 1 aliphatic carbocycles. The molecule has 0 amide bonds. The Balaban J connectivity index is 1.83. The van der Waals surface area contributed by atoms with Gasteiger partial charge in [-0.3, -0.25) is 0 Å². The van der Waals surface area contributed by atoms with Crippen molar-refractivity contribution in [1.29, 1.82) is 0 Å². The van der Waals surface area contributed by atoms with E-state index in [1.54, 1.807) is 0 Å². The maximum atomic E-state index is 9.67. The van der Waals surface area contributed by atoms with Gasteiger partial charge in [-0.15, -0.1) is 0 Å². The van der Waals surface area contributed by atoms with Gasteiger partial charge in [0, 0.05) is 12.0 Å². The molecule has 1 fully saturated rings. The summed E-state index contributed by atoms with van der Waals surface area (Å²) < 4.78 is 0. The fourth-order valence-electron chi connectivity index (χ4n) is 3.44. The van der Waals surface area contributed by atoms with Crippen LogP contribution >= 0.6 is 0 Å². The Morgan fingerprint density at radius 1 is 1.25 bits per heavy atom. The highest BCUT2D eigenvalue weighted by Crippen LogP contribution is 2.41. The lowest BCUT2D eigenvalue weighted by Gasteiger charge is -2.22. The Hall–Kier alpha value is -1.72. The molecule has 0 aromatic heterocycles. The molecule has 1 aliphatic rings.